The first kappa shape index (κ1) is 11.7. The molecule has 1 aliphatic rings. The van der Waals surface area contributed by atoms with Crippen LogP contribution in [-0.2, 0) is 0 Å². The first-order valence-electron chi connectivity index (χ1n) is 5.48. The van der Waals surface area contributed by atoms with Crippen LogP contribution in [0.2, 0.25) is 0 Å². The number of rotatable bonds is 3. The third-order valence-electron chi connectivity index (χ3n) is 2.98. The van der Waals surface area contributed by atoms with Gasteiger partial charge in [-0.1, -0.05) is 0 Å². The third-order valence-corrected chi connectivity index (χ3v) is 4.18. The van der Waals surface area contributed by atoms with Gasteiger partial charge in [0.2, 0.25) is 0 Å². The van der Waals surface area contributed by atoms with Crippen molar-refractivity contribution in [2.45, 2.75) is 23.8 Å². The van der Waals surface area contributed by atoms with Crippen molar-refractivity contribution in [2.24, 2.45) is 0 Å². The van der Waals surface area contributed by atoms with Crippen LogP contribution in [0.25, 0.3) is 0 Å². The summed E-state index contributed by atoms with van der Waals surface area (Å²) in [5, 5.41) is 8.84. The lowest BCUT2D eigenvalue weighted by molar-refractivity contribution is 0.280. The molecule has 2 nitrogen and oxygen atoms in total. The molecule has 0 aliphatic carbocycles. The lowest BCUT2D eigenvalue weighted by Crippen LogP contribution is -2.36. The molecule has 88 valence electrons. The van der Waals surface area contributed by atoms with Crippen molar-refractivity contribution in [3.63, 3.8) is 0 Å². The molecule has 0 aromatic heterocycles. The Kier molecular flexibility index (Phi) is 3.71. The van der Waals surface area contributed by atoms with Crippen LogP contribution < -0.4 is 4.90 Å². The second-order valence-electron chi connectivity index (χ2n) is 4.05. The fourth-order valence-corrected chi connectivity index (χ4v) is 3.26. The van der Waals surface area contributed by atoms with Gasteiger partial charge in [0.05, 0.1) is 5.69 Å². The SMILES string of the molecule is CN1c2cc(F)ccc2SCC1CCCO. The Balaban J connectivity index is 2.17. The highest BCUT2D eigenvalue weighted by atomic mass is 32.2. The standard InChI is InChI=1S/C12H16FNOS/c1-14-10(3-2-6-15)8-16-12-5-4-9(13)7-11(12)14/h4-5,7,10,15H,2-3,6,8H2,1H3. The van der Waals surface area contributed by atoms with E-state index in [0.29, 0.717) is 6.04 Å². The van der Waals surface area contributed by atoms with Gasteiger partial charge in [-0.15, -0.1) is 11.8 Å². The quantitative estimate of drug-likeness (QED) is 0.879. The summed E-state index contributed by atoms with van der Waals surface area (Å²) < 4.78 is 13.2. The average molecular weight is 241 g/mol. The minimum atomic E-state index is -0.186. The molecule has 0 saturated heterocycles. The van der Waals surface area contributed by atoms with Crippen LogP contribution in [0, 0.1) is 5.82 Å². The Labute approximate surface area is 99.5 Å². The van der Waals surface area contributed by atoms with E-state index in [1.165, 1.54) is 6.07 Å². The lowest BCUT2D eigenvalue weighted by atomic mass is 10.1. The van der Waals surface area contributed by atoms with Crippen LogP contribution in [0.1, 0.15) is 12.8 Å². The molecular weight excluding hydrogens is 225 g/mol. The number of thioether (sulfide) groups is 1. The van der Waals surface area contributed by atoms with Gasteiger partial charge < -0.3 is 10.0 Å². The van der Waals surface area contributed by atoms with Crippen LogP contribution in [0.5, 0.6) is 0 Å². The maximum atomic E-state index is 13.2. The van der Waals surface area contributed by atoms with Crippen LogP contribution in [0.15, 0.2) is 23.1 Å². The van der Waals surface area contributed by atoms with Crippen LogP contribution in [0.4, 0.5) is 10.1 Å². The summed E-state index contributed by atoms with van der Waals surface area (Å²) in [6.07, 6.45) is 1.76. The topological polar surface area (TPSA) is 23.5 Å². The molecule has 0 spiro atoms. The van der Waals surface area contributed by atoms with Crippen molar-refractivity contribution in [1.29, 1.82) is 0 Å². The van der Waals surface area contributed by atoms with Gasteiger partial charge in [-0.3, -0.25) is 0 Å². The van der Waals surface area contributed by atoms with E-state index in [1.54, 1.807) is 17.8 Å². The second-order valence-corrected chi connectivity index (χ2v) is 5.12. The molecule has 0 bridgehead atoms. The predicted molar refractivity (Wildman–Crippen MR) is 65.6 cm³/mol. The molecule has 1 aromatic carbocycles. The fourth-order valence-electron chi connectivity index (χ4n) is 1.99. The predicted octanol–water partition coefficient (Wildman–Crippen LogP) is 2.51. The van der Waals surface area contributed by atoms with E-state index in [-0.39, 0.29) is 12.4 Å². The highest BCUT2D eigenvalue weighted by molar-refractivity contribution is 7.99. The number of halogens is 1. The summed E-state index contributed by atoms with van der Waals surface area (Å²) in [4.78, 5) is 3.27. The molecule has 1 atom stereocenters. The Morgan fingerprint density at radius 1 is 1.56 bits per heavy atom. The number of hydrogen-bond acceptors (Lipinski definition) is 3. The van der Waals surface area contributed by atoms with Gasteiger partial charge >= 0.3 is 0 Å². The van der Waals surface area contributed by atoms with Gasteiger partial charge in [-0.05, 0) is 31.0 Å². The molecule has 4 heteroatoms. The van der Waals surface area contributed by atoms with E-state index in [1.807, 2.05) is 13.1 Å². The van der Waals surface area contributed by atoms with Crippen LogP contribution >= 0.6 is 11.8 Å². The van der Waals surface area contributed by atoms with E-state index in [2.05, 4.69) is 4.90 Å². The third kappa shape index (κ3) is 2.33. The smallest absolute Gasteiger partial charge is 0.125 e. The first-order valence-corrected chi connectivity index (χ1v) is 6.47. The van der Waals surface area contributed by atoms with Gasteiger partial charge in [-0.2, -0.15) is 0 Å². The highest BCUT2D eigenvalue weighted by Gasteiger charge is 2.23. The Morgan fingerprint density at radius 2 is 2.38 bits per heavy atom. The zero-order valence-corrected chi connectivity index (χ0v) is 10.1. The summed E-state index contributed by atoms with van der Waals surface area (Å²) >= 11 is 1.77. The number of fused-ring (bicyclic) bond motifs is 1. The van der Waals surface area contributed by atoms with Crippen molar-refractivity contribution < 1.29 is 9.50 Å². The summed E-state index contributed by atoms with van der Waals surface area (Å²) in [7, 11) is 2.00. The summed E-state index contributed by atoms with van der Waals surface area (Å²) in [5.41, 5.74) is 0.971. The van der Waals surface area contributed by atoms with Crippen molar-refractivity contribution in [1.82, 2.24) is 0 Å². The van der Waals surface area contributed by atoms with Crippen molar-refractivity contribution in [3.05, 3.63) is 24.0 Å². The van der Waals surface area contributed by atoms with E-state index < -0.39 is 0 Å². The molecule has 1 aliphatic heterocycles. The minimum Gasteiger partial charge on any atom is -0.396 e. The molecule has 0 radical (unpaired) electrons. The second kappa shape index (κ2) is 5.06. The van der Waals surface area contributed by atoms with Crippen molar-refractivity contribution >= 4 is 17.4 Å². The molecule has 16 heavy (non-hydrogen) atoms. The average Bonchev–Trinajstić information content (AvgIpc) is 2.29. The number of hydrogen-bond donors (Lipinski definition) is 1. The molecule has 1 unspecified atom stereocenters. The molecule has 1 heterocycles. The molecule has 2 rings (SSSR count). The van der Waals surface area contributed by atoms with Gasteiger partial charge in [0.25, 0.3) is 0 Å². The van der Waals surface area contributed by atoms with E-state index in [4.69, 9.17) is 5.11 Å². The zero-order chi connectivity index (χ0) is 11.5. The van der Waals surface area contributed by atoms with Gasteiger partial charge in [0, 0.05) is 30.3 Å². The van der Waals surface area contributed by atoms with Gasteiger partial charge in [-0.25, -0.2) is 4.39 Å². The molecule has 1 N–H and O–H groups in total. The van der Waals surface area contributed by atoms with Gasteiger partial charge in [0.1, 0.15) is 5.82 Å². The molecule has 0 amide bonds. The number of aliphatic hydroxyl groups is 1. The minimum absolute atomic E-state index is 0.186. The van der Waals surface area contributed by atoms with Crippen LogP contribution in [-0.4, -0.2) is 30.6 Å². The van der Waals surface area contributed by atoms with E-state index in [9.17, 15) is 4.39 Å². The van der Waals surface area contributed by atoms with E-state index >= 15 is 0 Å². The summed E-state index contributed by atoms with van der Waals surface area (Å²) in [5.74, 6) is 0.823. The largest absolute Gasteiger partial charge is 0.396 e. The number of anilines is 1. The number of aliphatic hydroxyl groups excluding tert-OH is 1. The maximum absolute atomic E-state index is 13.2. The number of benzene rings is 1. The molecule has 0 fully saturated rings. The Hall–Kier alpha value is -0.740. The van der Waals surface area contributed by atoms with Gasteiger partial charge in [0.15, 0.2) is 0 Å². The Morgan fingerprint density at radius 3 is 3.12 bits per heavy atom. The number of nitrogens with zero attached hydrogens (tertiary/aromatic N) is 1. The molecule has 0 saturated carbocycles. The summed E-state index contributed by atoms with van der Waals surface area (Å²) in [6.45, 7) is 0.227. The highest BCUT2D eigenvalue weighted by Crippen LogP contribution is 2.37. The van der Waals surface area contributed by atoms with E-state index in [0.717, 1.165) is 29.2 Å². The normalized spacial score (nSPS) is 19.7. The van der Waals surface area contributed by atoms with Crippen molar-refractivity contribution in [2.75, 3.05) is 24.3 Å². The molecule has 1 aromatic rings. The summed E-state index contributed by atoms with van der Waals surface area (Å²) in [6, 6.07) is 5.33. The Bertz CT molecular complexity index is 372. The fraction of sp³-hybridized carbons (Fsp3) is 0.500. The van der Waals surface area contributed by atoms with Crippen molar-refractivity contribution in [3.8, 4) is 0 Å². The lowest BCUT2D eigenvalue weighted by Gasteiger charge is -2.35. The first-order chi connectivity index (χ1) is 7.72. The van der Waals surface area contributed by atoms with Crippen LogP contribution in [0.3, 0.4) is 0 Å². The monoisotopic (exact) mass is 241 g/mol. The zero-order valence-electron chi connectivity index (χ0n) is 9.32. The maximum Gasteiger partial charge on any atom is 0.125 e. The molecular formula is C12H16FNOS.